The number of nitrogens with zero attached hydrogens (tertiary/aromatic N) is 1. The Hall–Kier alpha value is 0.160. The second kappa shape index (κ2) is 2.18. The normalized spacial score (nSPS) is 9.75. The van der Waals surface area contributed by atoms with Crippen molar-refractivity contribution in [3.63, 3.8) is 0 Å². The van der Waals surface area contributed by atoms with Gasteiger partial charge in [0.15, 0.2) is 3.70 Å². The van der Waals surface area contributed by atoms with Gasteiger partial charge in [-0.2, -0.15) is 0 Å². The van der Waals surface area contributed by atoms with Crippen LogP contribution in [0.4, 0.5) is 0 Å². The zero-order valence-corrected chi connectivity index (χ0v) is 7.15. The van der Waals surface area contributed by atoms with Crippen LogP contribution < -0.4 is 0 Å². The van der Waals surface area contributed by atoms with Crippen molar-refractivity contribution in [1.82, 2.24) is 4.98 Å². The van der Waals surface area contributed by atoms with Gasteiger partial charge in [0.1, 0.15) is 0 Å². The quantitative estimate of drug-likeness (QED) is 0.702. The molecule has 4 heteroatoms. The van der Waals surface area contributed by atoms with Gasteiger partial charge in [-0.15, -0.1) is 0 Å². The van der Waals surface area contributed by atoms with Gasteiger partial charge in [-0.3, -0.25) is 0 Å². The molecule has 0 aliphatic heterocycles. The molecule has 0 saturated heterocycles. The number of halogens is 1. The highest BCUT2D eigenvalue weighted by molar-refractivity contribution is 14.1. The van der Waals surface area contributed by atoms with E-state index in [9.17, 15) is 0 Å². The van der Waals surface area contributed by atoms with Crippen molar-refractivity contribution in [3.05, 3.63) is 8.71 Å². The molecule has 1 N–H and O–H groups in total. The van der Waals surface area contributed by atoms with Crippen molar-refractivity contribution in [1.29, 1.82) is 0 Å². The number of aromatic hydroxyl groups is 1. The molecular formula is C4H4INOS. The molecule has 0 aliphatic carbocycles. The maximum Gasteiger partial charge on any atom is 0.205 e. The summed E-state index contributed by atoms with van der Waals surface area (Å²) in [7, 11) is 0. The summed E-state index contributed by atoms with van der Waals surface area (Å²) < 4.78 is 0.699. The van der Waals surface area contributed by atoms with Gasteiger partial charge >= 0.3 is 0 Å². The van der Waals surface area contributed by atoms with Gasteiger partial charge in [-0.25, -0.2) is 4.98 Å². The van der Waals surface area contributed by atoms with Crippen LogP contribution in [0.15, 0.2) is 0 Å². The fraction of sp³-hybridized carbons (Fsp3) is 0.250. The summed E-state index contributed by atoms with van der Waals surface area (Å²) in [5, 5.41) is 10.1. The van der Waals surface area contributed by atoms with Crippen LogP contribution in [-0.2, 0) is 0 Å². The highest BCUT2D eigenvalue weighted by Crippen LogP contribution is 2.25. The van der Waals surface area contributed by atoms with E-state index in [0.717, 1.165) is 5.01 Å². The third-order valence-electron chi connectivity index (χ3n) is 0.676. The number of rotatable bonds is 0. The minimum atomic E-state index is 0.322. The van der Waals surface area contributed by atoms with E-state index in [4.69, 9.17) is 5.11 Å². The van der Waals surface area contributed by atoms with E-state index in [1.54, 1.807) is 0 Å². The molecule has 0 aromatic carbocycles. The summed E-state index contributed by atoms with van der Waals surface area (Å²) in [6.45, 7) is 1.87. The lowest BCUT2D eigenvalue weighted by Crippen LogP contribution is -1.67. The first-order valence-electron chi connectivity index (χ1n) is 2.02. The summed E-state index contributed by atoms with van der Waals surface area (Å²) in [4.78, 5) is 3.97. The molecule has 0 saturated carbocycles. The Labute approximate surface area is 64.7 Å². The molecule has 1 rings (SSSR count). The molecule has 1 heterocycles. The average molecular weight is 241 g/mol. The molecule has 0 amide bonds. The van der Waals surface area contributed by atoms with E-state index < -0.39 is 0 Å². The van der Waals surface area contributed by atoms with Crippen molar-refractivity contribution >= 4 is 33.9 Å². The number of aryl methyl sites for hydroxylation is 1. The van der Waals surface area contributed by atoms with Gasteiger partial charge in [0, 0.05) is 0 Å². The fourth-order valence-electron chi connectivity index (χ4n) is 0.391. The van der Waals surface area contributed by atoms with Gasteiger partial charge in [0.25, 0.3) is 0 Å². The van der Waals surface area contributed by atoms with Gasteiger partial charge in [0.05, 0.1) is 5.01 Å². The van der Waals surface area contributed by atoms with Gasteiger partial charge < -0.3 is 5.11 Å². The average Bonchev–Trinajstić information content (AvgIpc) is 1.85. The number of aromatic nitrogens is 1. The van der Waals surface area contributed by atoms with Crippen LogP contribution in [0.3, 0.4) is 0 Å². The first-order chi connectivity index (χ1) is 3.70. The monoisotopic (exact) mass is 241 g/mol. The predicted octanol–water partition coefficient (Wildman–Crippen LogP) is 1.76. The summed E-state index contributed by atoms with van der Waals surface area (Å²) in [6.07, 6.45) is 0. The highest BCUT2D eigenvalue weighted by Gasteiger charge is 2.00. The molecule has 0 radical (unpaired) electrons. The Morgan fingerprint density at radius 1 is 1.75 bits per heavy atom. The Bertz CT molecular complexity index is 178. The summed E-state index contributed by atoms with van der Waals surface area (Å²) >= 11 is 3.30. The lowest BCUT2D eigenvalue weighted by molar-refractivity contribution is 0.485. The lowest BCUT2D eigenvalue weighted by Gasteiger charge is -1.75. The zero-order chi connectivity index (χ0) is 6.15. The van der Waals surface area contributed by atoms with Gasteiger partial charge in [-0.05, 0) is 29.5 Å². The number of thiazole rings is 1. The SMILES string of the molecule is Cc1nc(I)c(O)s1. The Balaban J connectivity index is 3.14. The fourth-order valence-corrected chi connectivity index (χ4v) is 1.79. The first kappa shape index (κ1) is 6.28. The molecule has 0 atom stereocenters. The van der Waals surface area contributed by atoms with Crippen molar-refractivity contribution in [2.24, 2.45) is 0 Å². The van der Waals surface area contributed by atoms with Crippen molar-refractivity contribution in [2.75, 3.05) is 0 Å². The smallest absolute Gasteiger partial charge is 0.205 e. The molecule has 0 aliphatic rings. The Morgan fingerprint density at radius 2 is 2.38 bits per heavy atom. The first-order valence-corrected chi connectivity index (χ1v) is 3.91. The molecule has 0 spiro atoms. The van der Waals surface area contributed by atoms with Crippen molar-refractivity contribution in [2.45, 2.75) is 6.92 Å². The Morgan fingerprint density at radius 3 is 2.50 bits per heavy atom. The topological polar surface area (TPSA) is 33.1 Å². The van der Waals surface area contributed by atoms with Crippen LogP contribution >= 0.6 is 33.9 Å². The van der Waals surface area contributed by atoms with Crippen molar-refractivity contribution < 1.29 is 5.11 Å². The maximum atomic E-state index is 8.89. The zero-order valence-electron chi connectivity index (χ0n) is 4.18. The molecule has 44 valence electrons. The van der Waals surface area contributed by atoms with E-state index in [-0.39, 0.29) is 0 Å². The molecule has 0 bridgehead atoms. The third-order valence-corrected chi connectivity index (χ3v) is 2.57. The van der Waals surface area contributed by atoms with Crippen LogP contribution in [0.25, 0.3) is 0 Å². The lowest BCUT2D eigenvalue weighted by atomic mass is 10.8. The van der Waals surface area contributed by atoms with Crippen LogP contribution in [0, 0.1) is 10.6 Å². The summed E-state index contributed by atoms with van der Waals surface area (Å²) in [5.41, 5.74) is 0. The minimum Gasteiger partial charge on any atom is -0.498 e. The maximum absolute atomic E-state index is 8.89. The van der Waals surface area contributed by atoms with E-state index in [2.05, 4.69) is 4.98 Å². The standard InChI is InChI=1S/C4H4INOS/c1-2-6-3(5)4(7)8-2/h7H,1H3. The van der Waals surface area contributed by atoms with Gasteiger partial charge in [-0.1, -0.05) is 11.3 Å². The highest BCUT2D eigenvalue weighted by atomic mass is 127. The second-order valence-electron chi connectivity index (χ2n) is 1.33. The minimum absolute atomic E-state index is 0.322. The van der Waals surface area contributed by atoms with Gasteiger partial charge in [0.2, 0.25) is 5.06 Å². The molecule has 0 unspecified atom stereocenters. The number of hydrogen-bond donors (Lipinski definition) is 1. The molecular weight excluding hydrogens is 237 g/mol. The van der Waals surface area contributed by atoms with Crippen LogP contribution in [0.1, 0.15) is 5.01 Å². The molecule has 1 aromatic rings. The molecule has 0 fully saturated rings. The largest absolute Gasteiger partial charge is 0.498 e. The summed E-state index contributed by atoms with van der Waals surface area (Å²) in [6, 6.07) is 0. The van der Waals surface area contributed by atoms with Crippen molar-refractivity contribution in [3.8, 4) is 5.06 Å². The number of hydrogen-bond acceptors (Lipinski definition) is 3. The van der Waals surface area contributed by atoms with E-state index in [0.29, 0.717) is 8.76 Å². The van der Waals surface area contributed by atoms with E-state index in [1.165, 1.54) is 11.3 Å². The van der Waals surface area contributed by atoms with E-state index >= 15 is 0 Å². The summed E-state index contributed by atoms with van der Waals surface area (Å²) in [5.74, 6) is 0. The van der Waals surface area contributed by atoms with Crippen LogP contribution in [-0.4, -0.2) is 10.1 Å². The Kier molecular flexibility index (Phi) is 1.71. The van der Waals surface area contributed by atoms with Crippen LogP contribution in [0.2, 0.25) is 0 Å². The molecule has 2 nitrogen and oxygen atoms in total. The predicted molar refractivity (Wildman–Crippen MR) is 41.2 cm³/mol. The molecule has 1 aromatic heterocycles. The third kappa shape index (κ3) is 1.11. The van der Waals surface area contributed by atoms with E-state index in [1.807, 2.05) is 29.5 Å². The second-order valence-corrected chi connectivity index (χ2v) is 3.53. The van der Waals surface area contributed by atoms with Crippen LogP contribution in [0.5, 0.6) is 5.06 Å². The molecule has 8 heavy (non-hydrogen) atoms.